The third-order valence-corrected chi connectivity index (χ3v) is 5.10. The minimum atomic E-state index is 0. The van der Waals surface area contributed by atoms with Crippen molar-refractivity contribution in [2.75, 3.05) is 13.6 Å². The average molecular weight is 502 g/mol. The minimum absolute atomic E-state index is 0. The summed E-state index contributed by atoms with van der Waals surface area (Å²) in [6.07, 6.45) is 1.15. The van der Waals surface area contributed by atoms with E-state index in [9.17, 15) is 0 Å². The van der Waals surface area contributed by atoms with Gasteiger partial charge in [-0.1, -0.05) is 24.3 Å². The van der Waals surface area contributed by atoms with Crippen LogP contribution in [0.5, 0.6) is 0 Å². The number of benzene rings is 1. The van der Waals surface area contributed by atoms with Gasteiger partial charge in [-0.3, -0.25) is 4.99 Å². The Bertz CT molecular complexity index is 711. The molecule has 0 amide bonds. The van der Waals surface area contributed by atoms with Crippen LogP contribution in [0.15, 0.2) is 29.3 Å². The number of nitrogens with one attached hydrogen (secondary N) is 2. The van der Waals surface area contributed by atoms with Crippen molar-refractivity contribution in [1.29, 1.82) is 0 Å². The standard InChI is InChI=1S/C20H30N4OS.HI/c1-14(2)25-13-18-8-6-7-17(11-18)12-23-20(21-5)22-10-9-19-24-15(3)16(4)26-19;/h6-8,11,14H,9-10,12-13H2,1-5H3,(H2,21,22,23);1H. The number of nitrogens with zero attached hydrogens (tertiary/aromatic N) is 2. The zero-order chi connectivity index (χ0) is 18.9. The van der Waals surface area contributed by atoms with Gasteiger partial charge in [0, 0.05) is 31.4 Å². The van der Waals surface area contributed by atoms with Crippen molar-refractivity contribution in [1.82, 2.24) is 15.6 Å². The smallest absolute Gasteiger partial charge is 0.191 e. The van der Waals surface area contributed by atoms with Gasteiger partial charge in [0.2, 0.25) is 0 Å². The molecule has 2 aromatic rings. The number of aryl methyl sites for hydroxylation is 2. The fourth-order valence-corrected chi connectivity index (χ4v) is 3.37. The monoisotopic (exact) mass is 502 g/mol. The molecule has 0 saturated heterocycles. The molecular formula is C20H31IN4OS. The van der Waals surface area contributed by atoms with E-state index in [4.69, 9.17) is 4.74 Å². The third-order valence-electron chi connectivity index (χ3n) is 3.96. The number of thiazole rings is 1. The predicted molar refractivity (Wildman–Crippen MR) is 125 cm³/mol. The van der Waals surface area contributed by atoms with Crippen LogP contribution in [0, 0.1) is 13.8 Å². The van der Waals surface area contributed by atoms with Crippen LogP contribution in [-0.4, -0.2) is 30.6 Å². The van der Waals surface area contributed by atoms with Gasteiger partial charge in [0.05, 0.1) is 23.4 Å². The second-order valence-electron chi connectivity index (χ2n) is 6.53. The average Bonchev–Trinajstić information content (AvgIpc) is 2.94. The second-order valence-corrected chi connectivity index (χ2v) is 7.82. The molecule has 0 atom stereocenters. The SMILES string of the molecule is CN=C(NCCc1nc(C)c(C)s1)NCc1cccc(COC(C)C)c1.I. The van der Waals surface area contributed by atoms with Crippen molar-refractivity contribution in [2.45, 2.75) is 53.4 Å². The second kappa shape index (κ2) is 12.3. The number of rotatable bonds is 8. The van der Waals surface area contributed by atoms with Crippen LogP contribution < -0.4 is 10.6 Å². The summed E-state index contributed by atoms with van der Waals surface area (Å²) >= 11 is 1.77. The van der Waals surface area contributed by atoms with Crippen LogP contribution >= 0.6 is 35.3 Å². The summed E-state index contributed by atoms with van der Waals surface area (Å²) in [6.45, 7) is 10.5. The molecule has 0 unspecified atom stereocenters. The molecule has 0 aliphatic rings. The van der Waals surface area contributed by atoms with E-state index in [1.165, 1.54) is 21.0 Å². The van der Waals surface area contributed by atoms with Crippen molar-refractivity contribution >= 4 is 41.3 Å². The normalized spacial score (nSPS) is 11.4. The van der Waals surface area contributed by atoms with E-state index in [0.29, 0.717) is 6.61 Å². The lowest BCUT2D eigenvalue weighted by Crippen LogP contribution is -2.37. The molecule has 1 aromatic carbocycles. The van der Waals surface area contributed by atoms with E-state index in [2.05, 4.69) is 72.6 Å². The summed E-state index contributed by atoms with van der Waals surface area (Å²) in [4.78, 5) is 10.2. The quantitative estimate of drug-likeness (QED) is 0.323. The van der Waals surface area contributed by atoms with Gasteiger partial charge in [-0.15, -0.1) is 35.3 Å². The highest BCUT2D eigenvalue weighted by molar-refractivity contribution is 14.0. The molecule has 5 nitrogen and oxygen atoms in total. The van der Waals surface area contributed by atoms with Gasteiger partial charge in [0.15, 0.2) is 5.96 Å². The number of aliphatic imine (C=N–C) groups is 1. The molecule has 7 heteroatoms. The van der Waals surface area contributed by atoms with Gasteiger partial charge in [-0.25, -0.2) is 4.98 Å². The highest BCUT2D eigenvalue weighted by Gasteiger charge is 2.05. The van der Waals surface area contributed by atoms with Crippen LogP contribution in [0.25, 0.3) is 0 Å². The molecule has 0 aliphatic heterocycles. The van der Waals surface area contributed by atoms with Gasteiger partial charge in [0.1, 0.15) is 0 Å². The minimum Gasteiger partial charge on any atom is -0.374 e. The summed E-state index contributed by atoms with van der Waals surface area (Å²) in [7, 11) is 1.79. The van der Waals surface area contributed by atoms with Gasteiger partial charge in [0.25, 0.3) is 0 Å². The highest BCUT2D eigenvalue weighted by Crippen LogP contribution is 2.16. The van der Waals surface area contributed by atoms with Crippen LogP contribution in [0.4, 0.5) is 0 Å². The fourth-order valence-electron chi connectivity index (χ4n) is 2.43. The van der Waals surface area contributed by atoms with E-state index >= 15 is 0 Å². The molecule has 150 valence electrons. The van der Waals surface area contributed by atoms with Crippen LogP contribution in [0.2, 0.25) is 0 Å². The molecule has 2 rings (SSSR count). The summed E-state index contributed by atoms with van der Waals surface area (Å²) in [6, 6.07) is 8.44. The lowest BCUT2D eigenvalue weighted by Gasteiger charge is -2.12. The van der Waals surface area contributed by atoms with Gasteiger partial charge >= 0.3 is 0 Å². The molecule has 1 aromatic heterocycles. The first-order valence-corrected chi connectivity index (χ1v) is 9.86. The first kappa shape index (κ1) is 23.8. The number of guanidine groups is 1. The topological polar surface area (TPSA) is 58.5 Å². The van der Waals surface area contributed by atoms with Crippen molar-refractivity contribution in [2.24, 2.45) is 4.99 Å². The van der Waals surface area contributed by atoms with Gasteiger partial charge < -0.3 is 15.4 Å². The molecule has 0 saturated carbocycles. The molecule has 0 bridgehead atoms. The number of halogens is 1. The predicted octanol–water partition coefficient (Wildman–Crippen LogP) is 4.21. The lowest BCUT2D eigenvalue weighted by molar-refractivity contribution is 0.0657. The highest BCUT2D eigenvalue weighted by atomic mass is 127. The van der Waals surface area contributed by atoms with E-state index in [0.717, 1.165) is 31.2 Å². The molecule has 0 aliphatic carbocycles. The Labute approximate surface area is 184 Å². The largest absolute Gasteiger partial charge is 0.374 e. The maximum Gasteiger partial charge on any atom is 0.191 e. The third kappa shape index (κ3) is 8.57. The van der Waals surface area contributed by atoms with Gasteiger partial charge in [-0.2, -0.15) is 0 Å². The summed E-state index contributed by atoms with van der Waals surface area (Å²) in [5.41, 5.74) is 3.54. The van der Waals surface area contributed by atoms with E-state index in [1.54, 1.807) is 18.4 Å². The Morgan fingerprint density at radius 3 is 2.59 bits per heavy atom. The molecule has 0 fully saturated rings. The molecule has 1 heterocycles. The van der Waals surface area contributed by atoms with Gasteiger partial charge in [-0.05, 0) is 38.8 Å². The first-order chi connectivity index (χ1) is 12.5. The van der Waals surface area contributed by atoms with E-state index in [1.807, 2.05) is 0 Å². The van der Waals surface area contributed by atoms with Crippen molar-refractivity contribution in [3.8, 4) is 0 Å². The number of hydrogen-bond donors (Lipinski definition) is 2. The van der Waals surface area contributed by atoms with E-state index < -0.39 is 0 Å². The summed E-state index contributed by atoms with van der Waals surface area (Å²) < 4.78 is 5.67. The van der Waals surface area contributed by atoms with Crippen molar-refractivity contribution in [3.63, 3.8) is 0 Å². The number of ether oxygens (including phenoxy) is 1. The summed E-state index contributed by atoms with van der Waals surface area (Å²) in [5, 5.41) is 7.88. The summed E-state index contributed by atoms with van der Waals surface area (Å²) in [5.74, 6) is 0.804. The Morgan fingerprint density at radius 2 is 1.96 bits per heavy atom. The number of aromatic nitrogens is 1. The molecule has 0 spiro atoms. The Balaban J connectivity index is 0.00000364. The van der Waals surface area contributed by atoms with Crippen molar-refractivity contribution < 1.29 is 4.74 Å². The molecular weight excluding hydrogens is 471 g/mol. The maximum atomic E-state index is 5.67. The first-order valence-electron chi connectivity index (χ1n) is 9.04. The Hall–Kier alpha value is -1.19. The number of hydrogen-bond acceptors (Lipinski definition) is 4. The lowest BCUT2D eigenvalue weighted by atomic mass is 10.1. The molecule has 27 heavy (non-hydrogen) atoms. The van der Waals surface area contributed by atoms with Crippen molar-refractivity contribution in [3.05, 3.63) is 51.0 Å². The Morgan fingerprint density at radius 1 is 1.22 bits per heavy atom. The van der Waals surface area contributed by atoms with Crippen LogP contribution in [-0.2, 0) is 24.3 Å². The Kier molecular flexibility index (Phi) is 10.9. The molecule has 0 radical (unpaired) electrons. The van der Waals surface area contributed by atoms with Crippen LogP contribution in [0.3, 0.4) is 0 Å². The zero-order valence-corrected chi connectivity index (χ0v) is 20.0. The molecule has 2 N–H and O–H groups in total. The van der Waals surface area contributed by atoms with E-state index in [-0.39, 0.29) is 30.1 Å². The maximum absolute atomic E-state index is 5.67. The fraction of sp³-hybridized carbons (Fsp3) is 0.500. The van der Waals surface area contributed by atoms with Crippen LogP contribution in [0.1, 0.15) is 40.6 Å². The zero-order valence-electron chi connectivity index (χ0n) is 16.8.